The largest absolute Gasteiger partial charge is 0.445 e. The Bertz CT molecular complexity index is 1630. The summed E-state index contributed by atoms with van der Waals surface area (Å²) in [5, 5.41) is 6.74. The number of carbonyl (C=O) groups is 3. The van der Waals surface area contributed by atoms with Gasteiger partial charge in [-0.3, -0.25) is 18.7 Å². The van der Waals surface area contributed by atoms with Crippen molar-refractivity contribution in [1.82, 2.24) is 34.7 Å². The number of unbranched alkanes of at least 4 members (excludes halogenated alkanes) is 3. The average molecular weight is 728 g/mol. The number of alkyl halides is 1. The Morgan fingerprint density at radius 3 is 2.84 bits per heavy atom. The van der Waals surface area contributed by atoms with Crippen molar-refractivity contribution in [3.8, 4) is 12.3 Å². The van der Waals surface area contributed by atoms with Crippen LogP contribution in [-0.2, 0) is 27.4 Å². The number of aromatic nitrogens is 2. The van der Waals surface area contributed by atoms with Crippen LogP contribution < -0.4 is 15.4 Å². The van der Waals surface area contributed by atoms with Gasteiger partial charge in [0.05, 0.1) is 36.2 Å². The normalized spacial score (nSPS) is 17.2. The summed E-state index contributed by atoms with van der Waals surface area (Å²) < 4.78 is 24.0. The lowest BCUT2D eigenvalue weighted by Gasteiger charge is -2.39. The van der Waals surface area contributed by atoms with E-state index < -0.39 is 11.5 Å². The summed E-state index contributed by atoms with van der Waals surface area (Å²) in [5.41, 5.74) is 2.82. The van der Waals surface area contributed by atoms with Crippen molar-refractivity contribution in [2.24, 2.45) is 5.41 Å². The molecule has 1 unspecified atom stereocenters. The number of nitrogens with zero attached hydrogens (tertiary/aromatic N) is 4. The molecule has 0 bridgehead atoms. The second kappa shape index (κ2) is 18.0. The van der Waals surface area contributed by atoms with Gasteiger partial charge < -0.3 is 29.7 Å². The van der Waals surface area contributed by atoms with E-state index in [1.807, 2.05) is 42.3 Å². The zero-order valence-electron chi connectivity index (χ0n) is 28.6. The molecule has 50 heavy (non-hydrogen) atoms. The molecule has 1 spiro atoms. The van der Waals surface area contributed by atoms with E-state index in [0.717, 1.165) is 47.4 Å². The van der Waals surface area contributed by atoms with Gasteiger partial charge in [0.25, 0.3) is 0 Å². The highest BCUT2D eigenvalue weighted by Gasteiger charge is 2.53. The van der Waals surface area contributed by atoms with E-state index in [2.05, 4.69) is 25.8 Å². The number of hydrogen-bond acceptors (Lipinski definition) is 8. The van der Waals surface area contributed by atoms with Crippen molar-refractivity contribution in [1.29, 1.82) is 0 Å². The van der Waals surface area contributed by atoms with E-state index in [0.29, 0.717) is 82.1 Å². The maximum atomic E-state index is 14.4. The molecule has 3 N–H and O–H groups in total. The Hall–Kier alpha value is -3.73. The molecular formula is C36H47ClFN7O4S. The van der Waals surface area contributed by atoms with Crippen LogP contribution in [0.2, 0.25) is 5.02 Å². The minimum Gasteiger partial charge on any atom is -0.445 e. The van der Waals surface area contributed by atoms with Gasteiger partial charge >= 0.3 is 6.09 Å². The van der Waals surface area contributed by atoms with Crippen LogP contribution in [0.1, 0.15) is 64.1 Å². The molecule has 14 heteroatoms. The summed E-state index contributed by atoms with van der Waals surface area (Å²) >= 11 is 7.70. The first-order valence-electron chi connectivity index (χ1n) is 17.4. The number of likely N-dealkylation sites (tertiary alicyclic amines) is 1. The van der Waals surface area contributed by atoms with Crippen LogP contribution in [0.15, 0.2) is 41.7 Å². The van der Waals surface area contributed by atoms with Gasteiger partial charge in [0.1, 0.15) is 11.9 Å². The number of ether oxygens (including phenoxy) is 1. The standard InChI is InChI=1S/C36H47ClFN7O4S/c1-3-4-5-7-16-40-33(46)12-21-50-41-23-26(2)49-35(48)43-19-13-36(14-20-43)28-11-17-39-24-31(28)45(34(36)47)25-32-42-29-22-27(37)9-10-30(29)44(32)18-8-6-15-38/h1,9-11,17,22,26,39,41H,4-8,12-16,18-21,23-25H2,2H3,(H,40,46). The fourth-order valence-corrected chi connectivity index (χ4v) is 7.71. The van der Waals surface area contributed by atoms with Gasteiger partial charge in [0, 0.05) is 62.0 Å². The number of dihydropyridines is 1. The third kappa shape index (κ3) is 8.94. The summed E-state index contributed by atoms with van der Waals surface area (Å²) in [6, 6.07) is 5.55. The van der Waals surface area contributed by atoms with Gasteiger partial charge in [0.2, 0.25) is 11.8 Å². The molecule has 4 heterocycles. The monoisotopic (exact) mass is 727 g/mol. The van der Waals surface area contributed by atoms with E-state index in [4.69, 9.17) is 27.7 Å². The fourth-order valence-electron chi connectivity index (χ4n) is 6.76. The van der Waals surface area contributed by atoms with Gasteiger partial charge in [0.15, 0.2) is 0 Å². The molecule has 11 nitrogen and oxygen atoms in total. The number of terminal acetylenes is 1. The number of hydrogen-bond donors (Lipinski definition) is 3. The number of nitrogens with one attached hydrogen (secondary N) is 3. The maximum absolute atomic E-state index is 14.4. The van der Waals surface area contributed by atoms with Crippen LogP contribution in [0, 0.1) is 17.8 Å². The van der Waals surface area contributed by atoms with E-state index in [9.17, 15) is 18.8 Å². The van der Waals surface area contributed by atoms with Crippen LogP contribution in [-0.4, -0.2) is 88.5 Å². The fraction of sp³-hybridized carbons (Fsp3) is 0.556. The second-order valence-corrected chi connectivity index (χ2v) is 14.3. The van der Waals surface area contributed by atoms with Crippen molar-refractivity contribution in [2.75, 3.05) is 45.2 Å². The summed E-state index contributed by atoms with van der Waals surface area (Å²) in [7, 11) is 0. The van der Waals surface area contributed by atoms with E-state index in [-0.39, 0.29) is 31.1 Å². The highest BCUT2D eigenvalue weighted by Crippen LogP contribution is 2.49. The number of fused-ring (bicyclic) bond motifs is 2. The third-order valence-corrected chi connectivity index (χ3v) is 10.5. The van der Waals surface area contributed by atoms with Crippen molar-refractivity contribution >= 4 is 52.5 Å². The highest BCUT2D eigenvalue weighted by molar-refractivity contribution is 7.97. The SMILES string of the molecule is C#CCCCCNC(=O)CCSNCC(C)OC(=O)N1CCC2(CC1)C(=O)N(Cc1nc3cc(Cl)ccc3n1CCCCF)C1=C2C=CNC1. The van der Waals surface area contributed by atoms with Crippen LogP contribution in [0.5, 0.6) is 0 Å². The van der Waals surface area contributed by atoms with E-state index >= 15 is 0 Å². The van der Waals surface area contributed by atoms with Crippen LogP contribution >= 0.6 is 23.5 Å². The maximum Gasteiger partial charge on any atom is 0.410 e. The first-order chi connectivity index (χ1) is 24.3. The molecule has 270 valence electrons. The van der Waals surface area contributed by atoms with Gasteiger partial charge in [-0.05, 0) is 81.5 Å². The zero-order chi connectivity index (χ0) is 35.5. The van der Waals surface area contributed by atoms with Gasteiger partial charge in [-0.2, -0.15) is 0 Å². The van der Waals surface area contributed by atoms with Gasteiger partial charge in [-0.15, -0.1) is 12.3 Å². The highest BCUT2D eigenvalue weighted by atomic mass is 35.5. The molecule has 3 amide bonds. The Morgan fingerprint density at radius 1 is 1.24 bits per heavy atom. The first kappa shape index (κ1) is 37.5. The van der Waals surface area contributed by atoms with Crippen molar-refractivity contribution in [3.63, 3.8) is 0 Å². The third-order valence-electron chi connectivity index (χ3n) is 9.45. The molecular weight excluding hydrogens is 681 g/mol. The minimum atomic E-state index is -0.739. The number of aryl methyl sites for hydroxylation is 1. The summed E-state index contributed by atoms with van der Waals surface area (Å²) in [6.07, 6.45) is 13.3. The number of rotatable bonds is 17. The number of halogens is 2. The van der Waals surface area contributed by atoms with Crippen LogP contribution in [0.25, 0.3) is 11.0 Å². The Morgan fingerprint density at radius 2 is 2.06 bits per heavy atom. The Balaban J connectivity index is 1.13. The first-order valence-corrected chi connectivity index (χ1v) is 18.8. The summed E-state index contributed by atoms with van der Waals surface area (Å²) in [5.74, 6) is 3.94. The lowest BCUT2D eigenvalue weighted by Crippen LogP contribution is -2.48. The Kier molecular flexibility index (Phi) is 13.5. The lowest BCUT2D eigenvalue weighted by molar-refractivity contribution is -0.138. The molecule has 5 rings (SSSR count). The molecule has 1 atom stereocenters. The summed E-state index contributed by atoms with van der Waals surface area (Å²) in [6.45, 7) is 4.68. The van der Waals surface area contributed by atoms with Crippen molar-refractivity contribution < 1.29 is 23.5 Å². The molecule has 3 aliphatic heterocycles. The van der Waals surface area contributed by atoms with Crippen LogP contribution in [0.4, 0.5) is 9.18 Å². The van der Waals surface area contributed by atoms with Crippen LogP contribution in [0.3, 0.4) is 0 Å². The molecule has 1 aromatic heterocycles. The molecule has 2 aromatic rings. The van der Waals surface area contributed by atoms with Gasteiger partial charge in [-0.1, -0.05) is 23.5 Å². The van der Waals surface area contributed by atoms with E-state index in [1.54, 1.807) is 4.90 Å². The lowest BCUT2D eigenvalue weighted by atomic mass is 9.72. The number of carbonyl (C=O) groups excluding carboxylic acids is 3. The number of allylic oxidation sites excluding steroid dienone is 1. The van der Waals surface area contributed by atoms with Crippen molar-refractivity contribution in [3.05, 3.63) is 52.6 Å². The molecule has 1 aromatic carbocycles. The minimum absolute atomic E-state index is 0.00411. The molecule has 3 aliphatic rings. The topological polar surface area (TPSA) is 121 Å². The molecule has 0 aliphatic carbocycles. The van der Waals surface area contributed by atoms with E-state index in [1.165, 1.54) is 11.9 Å². The molecule has 1 fully saturated rings. The Labute approximate surface area is 302 Å². The number of benzene rings is 1. The quantitative estimate of drug-likeness (QED) is 0.114. The number of amides is 3. The second-order valence-electron chi connectivity index (χ2n) is 12.9. The molecule has 1 saturated heterocycles. The number of piperidine rings is 1. The van der Waals surface area contributed by atoms with Crippen molar-refractivity contribution in [2.45, 2.75) is 77.5 Å². The van der Waals surface area contributed by atoms with Gasteiger partial charge in [-0.25, -0.2) is 9.78 Å². The molecule has 0 radical (unpaired) electrons. The molecule has 0 saturated carbocycles. The average Bonchev–Trinajstić information content (AvgIpc) is 3.56. The summed E-state index contributed by atoms with van der Waals surface area (Å²) in [4.78, 5) is 47.9. The predicted molar refractivity (Wildman–Crippen MR) is 195 cm³/mol. The number of imidazole rings is 1. The predicted octanol–water partition coefficient (Wildman–Crippen LogP) is 5.31. The smallest absolute Gasteiger partial charge is 0.410 e. The zero-order valence-corrected chi connectivity index (χ0v) is 30.2.